The van der Waals surface area contributed by atoms with Crippen molar-refractivity contribution >= 4 is 22.8 Å². The van der Waals surface area contributed by atoms with Gasteiger partial charge in [-0.05, 0) is 32.1 Å². The minimum absolute atomic E-state index is 0.373. The van der Waals surface area contributed by atoms with E-state index in [1.54, 1.807) is 11.3 Å². The number of aromatic nitrogens is 1. The van der Waals surface area contributed by atoms with E-state index in [4.69, 9.17) is 4.98 Å². The molecule has 0 aliphatic carbocycles. The number of carbonyl (C=O) groups excluding carboxylic acids is 1. The third-order valence-electron chi connectivity index (χ3n) is 3.65. The van der Waals surface area contributed by atoms with Gasteiger partial charge in [-0.25, -0.2) is 4.98 Å². The Balaban J connectivity index is 2.30. The van der Waals surface area contributed by atoms with Gasteiger partial charge in [0.15, 0.2) is 11.4 Å². The molecule has 17 heavy (non-hydrogen) atoms. The molecule has 0 N–H and O–H groups in total. The molecule has 1 aromatic rings. The number of nitrogens with zero attached hydrogens (tertiary/aromatic N) is 2. The maximum Gasteiger partial charge on any atom is 0.186 e. The number of thiazole rings is 1. The summed E-state index contributed by atoms with van der Waals surface area (Å²) in [5, 5.41) is 1.03. The minimum atomic E-state index is 0.373. The molecule has 1 saturated heterocycles. The van der Waals surface area contributed by atoms with Crippen LogP contribution in [0.3, 0.4) is 0 Å². The normalized spacial score (nSPS) is 21.8. The Kier molecular flexibility index (Phi) is 3.82. The zero-order valence-corrected chi connectivity index (χ0v) is 11.6. The van der Waals surface area contributed by atoms with Gasteiger partial charge in [-0.1, -0.05) is 25.2 Å². The second-order valence-electron chi connectivity index (χ2n) is 4.86. The molecule has 0 aromatic carbocycles. The van der Waals surface area contributed by atoms with Crippen molar-refractivity contribution in [2.75, 3.05) is 11.4 Å². The molecule has 2 heterocycles. The molecule has 2 unspecified atom stereocenters. The van der Waals surface area contributed by atoms with Crippen molar-refractivity contribution in [3.63, 3.8) is 0 Å². The summed E-state index contributed by atoms with van der Waals surface area (Å²) in [7, 11) is 0. The predicted molar refractivity (Wildman–Crippen MR) is 72.2 cm³/mol. The van der Waals surface area contributed by atoms with E-state index in [1.165, 1.54) is 12.8 Å². The highest BCUT2D eigenvalue weighted by Gasteiger charge is 2.25. The largest absolute Gasteiger partial charge is 0.345 e. The highest BCUT2D eigenvalue weighted by Crippen LogP contribution is 2.34. The van der Waals surface area contributed by atoms with Gasteiger partial charge >= 0.3 is 0 Å². The van der Waals surface area contributed by atoms with E-state index in [0.717, 1.165) is 35.0 Å². The third-order valence-corrected chi connectivity index (χ3v) is 4.69. The molecule has 2 rings (SSSR count). The summed E-state index contributed by atoms with van der Waals surface area (Å²) >= 11 is 1.55. The van der Waals surface area contributed by atoms with Gasteiger partial charge in [0.1, 0.15) is 0 Å². The van der Waals surface area contributed by atoms with Crippen LogP contribution >= 0.6 is 11.3 Å². The highest BCUT2D eigenvalue weighted by molar-refractivity contribution is 7.17. The molecule has 1 aromatic heterocycles. The van der Waals surface area contributed by atoms with Crippen LogP contribution in [-0.4, -0.2) is 23.9 Å². The lowest BCUT2D eigenvalue weighted by Crippen LogP contribution is -2.26. The Morgan fingerprint density at radius 1 is 1.65 bits per heavy atom. The summed E-state index contributed by atoms with van der Waals surface area (Å²) in [5.41, 5.74) is 0.988. The first kappa shape index (κ1) is 12.6. The maximum absolute atomic E-state index is 11.1. The quantitative estimate of drug-likeness (QED) is 0.769. The maximum atomic E-state index is 11.1. The summed E-state index contributed by atoms with van der Waals surface area (Å²) in [5.74, 6) is 0.373. The lowest BCUT2D eigenvalue weighted by molar-refractivity contribution is 0.112. The first-order chi connectivity index (χ1) is 8.17. The molecule has 1 aliphatic rings. The fourth-order valence-electron chi connectivity index (χ4n) is 2.30. The molecule has 94 valence electrons. The summed E-state index contributed by atoms with van der Waals surface area (Å²) in [6, 6.07) is 0.561. The van der Waals surface area contributed by atoms with E-state index < -0.39 is 0 Å². The van der Waals surface area contributed by atoms with Crippen LogP contribution in [0.5, 0.6) is 0 Å². The van der Waals surface area contributed by atoms with Crippen LogP contribution in [0.2, 0.25) is 0 Å². The van der Waals surface area contributed by atoms with Crippen molar-refractivity contribution in [1.82, 2.24) is 4.98 Å². The average molecular weight is 252 g/mol. The van der Waals surface area contributed by atoms with Crippen molar-refractivity contribution in [1.29, 1.82) is 0 Å². The standard InChI is InChI=1S/C13H20N2OS/c1-4-9(2)12-11(8-16)17-13(14-12)15-7-5-6-10(15)3/h8-10H,4-7H2,1-3H3. The molecular weight excluding hydrogens is 232 g/mol. The number of carbonyl (C=O) groups is 1. The number of anilines is 1. The Labute approximate surface area is 107 Å². The number of rotatable bonds is 4. The van der Waals surface area contributed by atoms with Gasteiger partial charge in [-0.15, -0.1) is 0 Å². The molecule has 0 radical (unpaired) electrons. The van der Waals surface area contributed by atoms with Gasteiger partial charge in [0, 0.05) is 12.6 Å². The van der Waals surface area contributed by atoms with Crippen LogP contribution in [0, 0.1) is 0 Å². The average Bonchev–Trinajstić information content (AvgIpc) is 2.93. The number of hydrogen-bond donors (Lipinski definition) is 0. The Bertz CT molecular complexity index is 402. The minimum Gasteiger partial charge on any atom is -0.345 e. The number of hydrogen-bond acceptors (Lipinski definition) is 4. The first-order valence-electron chi connectivity index (χ1n) is 6.39. The van der Waals surface area contributed by atoms with Gasteiger partial charge in [-0.3, -0.25) is 4.79 Å². The summed E-state index contributed by atoms with van der Waals surface area (Å²) in [4.78, 5) is 19.0. The second kappa shape index (κ2) is 5.17. The van der Waals surface area contributed by atoms with Crippen molar-refractivity contribution < 1.29 is 4.79 Å². The molecule has 0 spiro atoms. The molecular formula is C13H20N2OS. The monoisotopic (exact) mass is 252 g/mol. The van der Waals surface area contributed by atoms with Gasteiger partial charge in [0.25, 0.3) is 0 Å². The SMILES string of the molecule is CCC(C)c1nc(N2CCCC2C)sc1C=O. The topological polar surface area (TPSA) is 33.2 Å². The molecule has 1 aliphatic heterocycles. The van der Waals surface area contributed by atoms with E-state index >= 15 is 0 Å². The van der Waals surface area contributed by atoms with Gasteiger partial charge in [-0.2, -0.15) is 0 Å². The third kappa shape index (κ3) is 2.37. The zero-order chi connectivity index (χ0) is 12.4. The van der Waals surface area contributed by atoms with Gasteiger partial charge in [0.05, 0.1) is 10.6 Å². The van der Waals surface area contributed by atoms with Crippen molar-refractivity contribution in [3.8, 4) is 0 Å². The van der Waals surface area contributed by atoms with E-state index in [1.807, 2.05) is 0 Å². The summed E-state index contributed by atoms with van der Waals surface area (Å²) in [6.07, 6.45) is 4.45. The fourth-order valence-corrected chi connectivity index (χ4v) is 3.43. The first-order valence-corrected chi connectivity index (χ1v) is 7.21. The van der Waals surface area contributed by atoms with E-state index in [0.29, 0.717) is 12.0 Å². The summed E-state index contributed by atoms with van der Waals surface area (Å²) < 4.78 is 0. The molecule has 0 saturated carbocycles. The van der Waals surface area contributed by atoms with Gasteiger partial charge < -0.3 is 4.90 Å². The van der Waals surface area contributed by atoms with E-state index in [2.05, 4.69) is 25.7 Å². The Hall–Kier alpha value is -0.900. The molecule has 2 atom stereocenters. The summed E-state index contributed by atoms with van der Waals surface area (Å²) in [6.45, 7) is 7.58. The Morgan fingerprint density at radius 3 is 2.94 bits per heavy atom. The lowest BCUT2D eigenvalue weighted by atomic mass is 10.0. The van der Waals surface area contributed by atoms with E-state index in [-0.39, 0.29) is 0 Å². The van der Waals surface area contributed by atoms with Crippen LogP contribution in [0.1, 0.15) is 61.3 Å². The number of aldehydes is 1. The zero-order valence-electron chi connectivity index (χ0n) is 10.8. The van der Waals surface area contributed by atoms with Crippen LogP contribution in [0.25, 0.3) is 0 Å². The molecule has 3 nitrogen and oxygen atoms in total. The van der Waals surface area contributed by atoms with Crippen LogP contribution in [-0.2, 0) is 0 Å². The lowest BCUT2D eigenvalue weighted by Gasteiger charge is -2.19. The van der Waals surface area contributed by atoms with Crippen molar-refractivity contribution in [3.05, 3.63) is 10.6 Å². The van der Waals surface area contributed by atoms with Gasteiger partial charge in [0.2, 0.25) is 0 Å². The smallest absolute Gasteiger partial charge is 0.186 e. The van der Waals surface area contributed by atoms with E-state index in [9.17, 15) is 4.79 Å². The molecule has 0 amide bonds. The highest BCUT2D eigenvalue weighted by atomic mass is 32.1. The molecule has 1 fully saturated rings. The molecule has 0 bridgehead atoms. The van der Waals surface area contributed by atoms with Crippen LogP contribution in [0.4, 0.5) is 5.13 Å². The second-order valence-corrected chi connectivity index (χ2v) is 5.87. The fraction of sp³-hybridized carbons (Fsp3) is 0.692. The molecule has 4 heteroatoms. The Morgan fingerprint density at radius 2 is 2.41 bits per heavy atom. The van der Waals surface area contributed by atoms with Crippen molar-refractivity contribution in [2.45, 2.75) is 52.0 Å². The predicted octanol–water partition coefficient (Wildman–Crippen LogP) is 3.46. The van der Waals surface area contributed by atoms with Crippen LogP contribution in [0.15, 0.2) is 0 Å². The van der Waals surface area contributed by atoms with Crippen molar-refractivity contribution in [2.24, 2.45) is 0 Å². The van der Waals surface area contributed by atoms with Crippen LogP contribution < -0.4 is 4.90 Å².